The van der Waals surface area contributed by atoms with Crippen LogP contribution in [0.25, 0.3) is 0 Å². The standard InChI is InChI=1S/C6H5BrFN3O/c7-5-4(8)1-2-10-6(5)11(12)3-9/h1-3,9,12H/b9-3+. The highest BCUT2D eigenvalue weighted by Crippen LogP contribution is 2.24. The quantitative estimate of drug-likeness (QED) is 0.465. The minimum Gasteiger partial charge on any atom is -0.289 e. The molecule has 0 radical (unpaired) electrons. The maximum absolute atomic E-state index is 12.9. The normalized spacial score (nSPS) is 11.8. The zero-order valence-electron chi connectivity index (χ0n) is 6.78. The van der Waals surface area contributed by atoms with Crippen LogP contribution in [0.4, 0.5) is 10.2 Å². The third-order valence-electron chi connectivity index (χ3n) is 1.15. The smallest absolute Gasteiger partial charge is 0.189 e. The minimum atomic E-state index is -0.553. The predicted octanol–water partition coefficient (Wildman–Crippen LogP) is 1.79. The van der Waals surface area contributed by atoms with E-state index in [0.29, 0.717) is 5.06 Å². The SMILES string of the molecule is [H]/N=C/N(O)c1nccc(F)c1Br. The summed E-state index contributed by atoms with van der Waals surface area (Å²) in [5.41, 5.74) is 0. The lowest BCUT2D eigenvalue weighted by molar-refractivity contribution is 0.311. The highest BCUT2D eigenvalue weighted by atomic mass is 79.9. The molecule has 0 amide bonds. The lowest BCUT2D eigenvalue weighted by Crippen LogP contribution is -2.16. The van der Waals surface area contributed by atoms with E-state index in [2.05, 4.69) is 26.3 Å². The Morgan fingerprint density at radius 2 is 2.67 bits per heavy atom. The Morgan fingerprint density at radius 3 is 3.33 bits per heavy atom. The first-order chi connectivity index (χ1) is 6.16. The van der Waals surface area contributed by atoms with Gasteiger partial charge in [0.05, 0.1) is 4.47 Å². The van der Waals surface area contributed by atoms with Gasteiger partial charge in [-0.15, -0.1) is 0 Å². The monoisotopic (exact) mass is 233 g/mol. The first-order valence-corrected chi connectivity index (χ1v) is 3.71. The zero-order chi connectivity index (χ0) is 9.84. The van der Waals surface area contributed by atoms with E-state index in [4.69, 9.17) is 6.62 Å². The summed E-state index contributed by atoms with van der Waals surface area (Å²) in [4.78, 5) is 3.67. The van der Waals surface area contributed by atoms with Crippen molar-refractivity contribution in [2.45, 2.75) is 0 Å². The maximum atomic E-state index is 12.9. The number of pyridine rings is 1. The average molecular weight is 234 g/mol. The number of nitrogens with zero attached hydrogens (tertiary/aromatic N) is 2. The van der Waals surface area contributed by atoms with E-state index in [0.717, 1.165) is 12.4 Å². The van der Waals surface area contributed by atoms with Gasteiger partial charge in [-0.25, -0.2) is 9.37 Å². The van der Waals surface area contributed by atoms with Gasteiger partial charge >= 0.3 is 0 Å². The first kappa shape index (κ1) is 7.63. The van der Waals surface area contributed by atoms with Crippen molar-refractivity contribution in [2.75, 3.05) is 5.06 Å². The molecule has 12 heavy (non-hydrogen) atoms. The zero-order valence-corrected chi connectivity index (χ0v) is 7.36. The first-order valence-electron chi connectivity index (χ1n) is 3.37. The molecule has 0 bridgehead atoms. The fourth-order valence-electron chi connectivity index (χ4n) is 0.624. The Morgan fingerprint density at radius 1 is 1.92 bits per heavy atom. The van der Waals surface area contributed by atoms with E-state index >= 15 is 0 Å². The molecule has 4 nitrogen and oxygen atoms in total. The molecule has 0 unspecified atom stereocenters. The van der Waals surface area contributed by atoms with Crippen LogP contribution in [-0.4, -0.2) is 16.5 Å². The van der Waals surface area contributed by atoms with E-state index in [1.807, 2.05) is 0 Å². The molecule has 0 saturated carbocycles. The van der Waals surface area contributed by atoms with Crippen LogP contribution in [0.15, 0.2) is 16.7 Å². The van der Waals surface area contributed by atoms with Crippen LogP contribution in [0.1, 0.15) is 0 Å². The van der Waals surface area contributed by atoms with Crippen molar-refractivity contribution < 1.29 is 11.0 Å². The molecule has 0 aromatic carbocycles. The van der Waals surface area contributed by atoms with Gasteiger partial charge in [-0.2, -0.15) is 5.06 Å². The fraction of sp³-hybridized carbons (Fsp3) is 0. The van der Waals surface area contributed by atoms with Gasteiger partial charge < -0.3 is 0 Å². The topological polar surface area (TPSA) is 60.2 Å². The molecule has 0 atom stereocenters. The van der Waals surface area contributed by atoms with Crippen LogP contribution in [0.2, 0.25) is 1.41 Å². The van der Waals surface area contributed by atoms with Gasteiger partial charge in [0.2, 0.25) is 0 Å². The summed E-state index contributed by atoms with van der Waals surface area (Å²) in [6.45, 7) is 0. The van der Waals surface area contributed by atoms with Gasteiger partial charge in [0, 0.05) is 6.20 Å². The molecule has 1 aromatic heterocycles. The van der Waals surface area contributed by atoms with Crippen molar-refractivity contribution in [2.24, 2.45) is 0 Å². The van der Waals surface area contributed by atoms with E-state index in [1.54, 1.807) is 0 Å². The van der Waals surface area contributed by atoms with Crippen molar-refractivity contribution in [3.8, 4) is 0 Å². The molecule has 0 fully saturated rings. The Kier molecular flexibility index (Phi) is 2.28. The Balaban J connectivity index is 3.07. The van der Waals surface area contributed by atoms with Gasteiger partial charge in [0.1, 0.15) is 12.2 Å². The second kappa shape index (κ2) is 3.59. The Hall–Kier alpha value is -1.01. The van der Waals surface area contributed by atoms with Gasteiger partial charge in [-0.05, 0) is 22.0 Å². The lowest BCUT2D eigenvalue weighted by atomic mass is 10.4. The molecule has 1 aromatic rings. The largest absolute Gasteiger partial charge is 0.289 e. The van der Waals surface area contributed by atoms with Crippen molar-refractivity contribution >= 4 is 28.1 Å². The van der Waals surface area contributed by atoms with Crippen molar-refractivity contribution in [3.05, 3.63) is 22.6 Å². The molecule has 2 N–H and O–H groups in total. The third-order valence-corrected chi connectivity index (χ3v) is 1.88. The second-order valence-corrected chi connectivity index (χ2v) is 2.68. The van der Waals surface area contributed by atoms with Crippen molar-refractivity contribution in [1.82, 2.24) is 4.98 Å². The Bertz CT molecular complexity index is 336. The number of hydroxylamine groups is 1. The molecule has 0 aliphatic rings. The summed E-state index contributed by atoms with van der Waals surface area (Å²) >= 11 is 2.89. The fourth-order valence-corrected chi connectivity index (χ4v) is 1.04. The van der Waals surface area contributed by atoms with Gasteiger partial charge in [-0.1, -0.05) is 0 Å². The molecule has 1 heterocycles. The molecule has 6 heteroatoms. The summed E-state index contributed by atoms with van der Waals surface area (Å²) in [6.07, 6.45) is 1.98. The van der Waals surface area contributed by atoms with Crippen LogP contribution < -0.4 is 5.06 Å². The molecule has 64 valence electrons. The third kappa shape index (κ3) is 1.59. The maximum Gasteiger partial charge on any atom is 0.189 e. The average Bonchev–Trinajstić information content (AvgIpc) is 2.10. The molecule has 1 rings (SSSR count). The highest BCUT2D eigenvalue weighted by molar-refractivity contribution is 9.10. The summed E-state index contributed by atoms with van der Waals surface area (Å²) in [5, 5.41) is 12.4. The molecular weight excluding hydrogens is 229 g/mol. The number of anilines is 1. The van der Waals surface area contributed by atoms with Gasteiger partial charge in [-0.3, -0.25) is 10.6 Å². The highest BCUT2D eigenvalue weighted by Gasteiger charge is 2.10. The molecule has 0 aliphatic heterocycles. The number of nitrogens with one attached hydrogen (secondary N) is 1. The molecule has 0 saturated heterocycles. The lowest BCUT2D eigenvalue weighted by Gasteiger charge is -2.10. The van der Waals surface area contributed by atoms with Crippen molar-refractivity contribution in [1.29, 1.82) is 5.40 Å². The summed E-state index contributed by atoms with van der Waals surface area (Å²) < 4.78 is 19.3. The van der Waals surface area contributed by atoms with Gasteiger partial charge in [0.15, 0.2) is 7.23 Å². The molecular formula is C6H5BrFN3O. The number of hydrogen-bond donors (Lipinski definition) is 2. The van der Waals surface area contributed by atoms with Gasteiger partial charge in [0.25, 0.3) is 0 Å². The number of hydrogen-bond acceptors (Lipinski definition) is 3. The van der Waals surface area contributed by atoms with Crippen LogP contribution in [0.5, 0.6) is 0 Å². The second-order valence-electron chi connectivity index (χ2n) is 1.89. The summed E-state index contributed by atoms with van der Waals surface area (Å²) in [5.74, 6) is -0.613. The van der Waals surface area contributed by atoms with E-state index in [1.165, 1.54) is 6.20 Å². The number of aromatic nitrogens is 1. The van der Waals surface area contributed by atoms with Crippen LogP contribution in [0, 0.1) is 11.2 Å². The van der Waals surface area contributed by atoms with Crippen LogP contribution in [-0.2, 0) is 0 Å². The predicted molar refractivity (Wildman–Crippen MR) is 44.9 cm³/mol. The number of halogens is 2. The minimum absolute atomic E-state index is 0.0115. The van der Waals surface area contributed by atoms with Crippen LogP contribution >= 0.6 is 15.9 Å². The number of rotatable bonds is 2. The summed E-state index contributed by atoms with van der Waals surface area (Å²) in [6, 6.07) is 1.14. The Labute approximate surface area is 77.7 Å². The summed E-state index contributed by atoms with van der Waals surface area (Å²) in [7, 11) is 0. The van der Waals surface area contributed by atoms with E-state index in [-0.39, 0.29) is 10.3 Å². The van der Waals surface area contributed by atoms with E-state index in [9.17, 15) is 4.39 Å². The van der Waals surface area contributed by atoms with E-state index < -0.39 is 5.82 Å². The molecule has 0 spiro atoms. The van der Waals surface area contributed by atoms with Crippen molar-refractivity contribution in [3.63, 3.8) is 0 Å². The van der Waals surface area contributed by atoms with Crippen LogP contribution in [0.3, 0.4) is 0 Å². The molecule has 0 aliphatic carbocycles.